The van der Waals surface area contributed by atoms with E-state index in [0.717, 1.165) is 4.64 Å². The normalized spacial score (nSPS) is 8.00. The van der Waals surface area contributed by atoms with Crippen LogP contribution in [0.1, 0.15) is 7.43 Å². The Hall–Kier alpha value is -1.68. The third kappa shape index (κ3) is 6.40. The summed E-state index contributed by atoms with van der Waals surface area (Å²) in [4.78, 5) is 15.5. The van der Waals surface area contributed by atoms with Crippen LogP contribution in [-0.2, 0) is 0 Å². The van der Waals surface area contributed by atoms with Gasteiger partial charge < -0.3 is 9.97 Å². The van der Waals surface area contributed by atoms with Crippen molar-refractivity contribution in [1.29, 1.82) is 0 Å². The summed E-state index contributed by atoms with van der Waals surface area (Å²) in [6.45, 7) is 0. The zero-order chi connectivity index (χ0) is 10.2. The van der Waals surface area contributed by atoms with Gasteiger partial charge in [0.15, 0.2) is 0 Å². The van der Waals surface area contributed by atoms with Gasteiger partial charge in [-0.3, -0.25) is 4.79 Å². The minimum Gasteiger partial charge on any atom is -0.353 e. The summed E-state index contributed by atoms with van der Waals surface area (Å²) in [7, 11) is 0. The van der Waals surface area contributed by atoms with Crippen LogP contribution >= 0.6 is 12.2 Å². The minimum absolute atomic E-state index is 0. The van der Waals surface area contributed by atoms with Gasteiger partial charge in [0.2, 0.25) is 5.56 Å². The van der Waals surface area contributed by atoms with Crippen molar-refractivity contribution in [2.75, 3.05) is 0 Å². The first-order valence-corrected chi connectivity index (χ1v) is 4.47. The van der Waals surface area contributed by atoms with Gasteiger partial charge >= 0.3 is 0 Å². The third-order valence-electron chi connectivity index (χ3n) is 1.36. The molecule has 2 aromatic rings. The van der Waals surface area contributed by atoms with Gasteiger partial charge in [0.05, 0.1) is 0 Å². The molecule has 15 heavy (non-hydrogen) atoms. The van der Waals surface area contributed by atoms with Crippen molar-refractivity contribution in [2.24, 2.45) is 0 Å². The molecule has 2 rings (SSSR count). The van der Waals surface area contributed by atoms with Crippen LogP contribution in [-0.4, -0.2) is 9.97 Å². The molecule has 0 saturated carbocycles. The highest BCUT2D eigenvalue weighted by Gasteiger charge is 1.69. The van der Waals surface area contributed by atoms with E-state index in [4.69, 9.17) is 12.2 Å². The number of aromatic nitrogens is 2. The Morgan fingerprint density at radius 1 is 0.933 bits per heavy atom. The second kappa shape index (κ2) is 7.70. The van der Waals surface area contributed by atoms with E-state index in [-0.39, 0.29) is 13.0 Å². The molecule has 0 fully saturated rings. The maximum Gasteiger partial charge on any atom is 0.247 e. The number of nitrogens with one attached hydrogen (secondary N) is 2. The van der Waals surface area contributed by atoms with E-state index in [0.29, 0.717) is 0 Å². The van der Waals surface area contributed by atoms with Crippen LogP contribution in [0, 0.1) is 4.64 Å². The topological polar surface area (TPSA) is 48.6 Å². The van der Waals surface area contributed by atoms with Crippen LogP contribution in [0.25, 0.3) is 0 Å². The number of hydrogen-bond donors (Lipinski definition) is 2. The van der Waals surface area contributed by atoms with Crippen molar-refractivity contribution >= 4 is 12.2 Å². The van der Waals surface area contributed by atoms with Gasteiger partial charge in [-0.25, -0.2) is 0 Å². The molecule has 0 aliphatic rings. The predicted molar refractivity (Wildman–Crippen MR) is 65.4 cm³/mol. The molecule has 2 aromatic heterocycles. The van der Waals surface area contributed by atoms with Gasteiger partial charge in [0, 0.05) is 18.5 Å². The second-order valence-electron chi connectivity index (χ2n) is 2.45. The van der Waals surface area contributed by atoms with E-state index in [1.807, 2.05) is 24.4 Å². The summed E-state index contributed by atoms with van der Waals surface area (Å²) < 4.78 is 0.780. The maximum atomic E-state index is 10.2. The fourth-order valence-electron chi connectivity index (χ4n) is 0.754. The Morgan fingerprint density at radius 2 is 1.53 bits per heavy atom. The Labute approximate surface area is 93.8 Å². The summed E-state index contributed by atoms with van der Waals surface area (Å²) >= 11 is 4.76. The van der Waals surface area contributed by atoms with Crippen LogP contribution in [0.3, 0.4) is 0 Å². The van der Waals surface area contributed by atoms with Gasteiger partial charge in [-0.1, -0.05) is 31.8 Å². The van der Waals surface area contributed by atoms with Gasteiger partial charge in [0.25, 0.3) is 0 Å². The Morgan fingerprint density at radius 3 is 1.73 bits per heavy atom. The Balaban J connectivity index is 0.000000245. The minimum atomic E-state index is -0.0532. The van der Waals surface area contributed by atoms with Gasteiger partial charge in [0.1, 0.15) is 4.64 Å². The average molecular weight is 222 g/mol. The van der Waals surface area contributed by atoms with Gasteiger partial charge in [-0.15, -0.1) is 0 Å². The summed E-state index contributed by atoms with van der Waals surface area (Å²) in [5.74, 6) is 0. The highest BCUT2D eigenvalue weighted by atomic mass is 32.1. The molecule has 0 atom stereocenters. The van der Waals surface area contributed by atoms with Crippen molar-refractivity contribution in [2.45, 2.75) is 7.43 Å². The third-order valence-corrected chi connectivity index (χ3v) is 1.61. The molecule has 0 aliphatic carbocycles. The first-order valence-electron chi connectivity index (χ1n) is 4.06. The second-order valence-corrected chi connectivity index (χ2v) is 2.89. The van der Waals surface area contributed by atoms with E-state index >= 15 is 0 Å². The number of hydrogen-bond acceptors (Lipinski definition) is 2. The maximum absolute atomic E-state index is 10.2. The van der Waals surface area contributed by atoms with Crippen molar-refractivity contribution in [3.05, 3.63) is 63.8 Å². The smallest absolute Gasteiger partial charge is 0.247 e. The van der Waals surface area contributed by atoms with Crippen molar-refractivity contribution in [3.63, 3.8) is 0 Å². The fraction of sp³-hybridized carbons (Fsp3) is 0.0909. The highest BCUT2D eigenvalue weighted by Crippen LogP contribution is 1.80. The average Bonchev–Trinajstić information content (AvgIpc) is 2.21. The molecule has 0 aromatic carbocycles. The molecule has 2 N–H and O–H groups in total. The Kier molecular flexibility index (Phi) is 6.84. The quantitative estimate of drug-likeness (QED) is 0.673. The predicted octanol–water partition coefficient (Wildman–Crippen LogP) is 2.76. The fourth-order valence-corrected chi connectivity index (χ4v) is 0.900. The first kappa shape index (κ1) is 13.3. The zero-order valence-electron chi connectivity index (χ0n) is 7.44. The van der Waals surface area contributed by atoms with E-state index < -0.39 is 0 Å². The lowest BCUT2D eigenvalue weighted by Gasteiger charge is -1.76. The molecule has 0 bridgehead atoms. The molecule has 0 radical (unpaired) electrons. The van der Waals surface area contributed by atoms with E-state index in [1.165, 1.54) is 6.07 Å². The molecule has 0 spiro atoms. The molecule has 0 saturated heterocycles. The lowest BCUT2D eigenvalue weighted by Crippen LogP contribution is -1.98. The molecule has 80 valence electrons. The number of H-pyrrole nitrogens is 2. The highest BCUT2D eigenvalue weighted by molar-refractivity contribution is 7.71. The standard InChI is InChI=1S/C5H5NO.C5H5NS.CH4/c2*7-5-3-1-2-4-6-5;/h2*1-4H,(H,6,7);1H4. The molecule has 0 unspecified atom stereocenters. The van der Waals surface area contributed by atoms with Crippen molar-refractivity contribution in [1.82, 2.24) is 9.97 Å². The van der Waals surface area contributed by atoms with Crippen LogP contribution in [0.2, 0.25) is 0 Å². The van der Waals surface area contributed by atoms with Crippen LogP contribution in [0.15, 0.2) is 53.6 Å². The SMILES string of the molecule is C.O=c1cccc[nH]1.S=c1cccc[nH]1. The molecule has 0 amide bonds. The zero-order valence-corrected chi connectivity index (χ0v) is 8.25. The van der Waals surface area contributed by atoms with E-state index in [1.54, 1.807) is 18.3 Å². The van der Waals surface area contributed by atoms with Crippen molar-refractivity contribution in [3.8, 4) is 0 Å². The number of rotatable bonds is 0. The van der Waals surface area contributed by atoms with Crippen LogP contribution < -0.4 is 5.56 Å². The molecular formula is C11H14N2OS. The molecule has 3 nitrogen and oxygen atoms in total. The monoisotopic (exact) mass is 222 g/mol. The van der Waals surface area contributed by atoms with Crippen molar-refractivity contribution < 1.29 is 0 Å². The molecule has 0 aliphatic heterocycles. The van der Waals surface area contributed by atoms with Gasteiger partial charge in [-0.05, 0) is 18.2 Å². The van der Waals surface area contributed by atoms with E-state index in [2.05, 4.69) is 9.97 Å². The number of aromatic amines is 2. The first-order chi connectivity index (χ1) is 6.79. The molecule has 2 heterocycles. The number of pyridine rings is 2. The summed E-state index contributed by atoms with van der Waals surface area (Å²) in [5, 5.41) is 0. The van der Waals surface area contributed by atoms with Crippen LogP contribution in [0.5, 0.6) is 0 Å². The van der Waals surface area contributed by atoms with Crippen LogP contribution in [0.4, 0.5) is 0 Å². The molecular weight excluding hydrogens is 208 g/mol. The lowest BCUT2D eigenvalue weighted by molar-refractivity contribution is 1.24. The Bertz CT molecular complexity index is 396. The lowest BCUT2D eigenvalue weighted by atomic mass is 10.5. The van der Waals surface area contributed by atoms with E-state index in [9.17, 15) is 4.79 Å². The summed E-state index contributed by atoms with van der Waals surface area (Å²) in [5.41, 5.74) is -0.0532. The largest absolute Gasteiger partial charge is 0.353 e. The summed E-state index contributed by atoms with van der Waals surface area (Å²) in [6.07, 6.45) is 3.41. The summed E-state index contributed by atoms with van der Waals surface area (Å²) in [6, 6.07) is 10.6. The van der Waals surface area contributed by atoms with Gasteiger partial charge in [-0.2, -0.15) is 0 Å². The molecule has 4 heteroatoms.